The van der Waals surface area contributed by atoms with Crippen molar-refractivity contribution in [3.63, 3.8) is 0 Å². The van der Waals surface area contributed by atoms with Crippen LogP contribution in [0.1, 0.15) is 0 Å². The second kappa shape index (κ2) is 12.6. The normalized spacial score (nSPS) is 11.6. The Morgan fingerprint density at radius 3 is 1.69 bits per heavy atom. The van der Waals surface area contributed by atoms with Crippen molar-refractivity contribution in [2.75, 3.05) is 4.90 Å². The molecule has 258 valence electrons. The first-order chi connectivity index (χ1) is 27.3. The van der Waals surface area contributed by atoms with Gasteiger partial charge in [-0.05, 0) is 93.9 Å². The lowest BCUT2D eigenvalue weighted by atomic mass is 9.94. The van der Waals surface area contributed by atoms with Gasteiger partial charge >= 0.3 is 0 Å². The maximum atomic E-state index is 6.59. The van der Waals surface area contributed by atoms with Crippen LogP contribution < -0.4 is 4.90 Å². The second-order valence-corrected chi connectivity index (χ2v) is 14.1. The molecule has 0 saturated carbocycles. The van der Waals surface area contributed by atoms with Crippen molar-refractivity contribution in [1.82, 2.24) is 0 Å². The maximum Gasteiger partial charge on any atom is 0.143 e. The van der Waals surface area contributed by atoms with Crippen LogP contribution in [0, 0.1) is 0 Å². The highest BCUT2D eigenvalue weighted by Crippen LogP contribution is 2.43. The third-order valence-corrected chi connectivity index (χ3v) is 10.9. The van der Waals surface area contributed by atoms with Crippen LogP contribution in [0.15, 0.2) is 209 Å². The zero-order chi connectivity index (χ0) is 36.3. The summed E-state index contributed by atoms with van der Waals surface area (Å²) in [6, 6.07) is 70.9. The Hall–Kier alpha value is -7.36. The molecule has 0 aliphatic rings. The zero-order valence-corrected chi connectivity index (χ0v) is 29.8. The van der Waals surface area contributed by atoms with E-state index in [2.05, 4.69) is 193 Å². The standard InChI is InChI=1S/C52H33NO2/c1-3-13-34(14-4-1)36-27-30-50-47(32-36)48-33-46(42-19-7-8-21-44(42)52(48)55-50)37-15-11-18-40(31-37)53(38-16-5-2-6-17-38)39-28-25-35(26-29-39)41-22-12-23-45-43-20-9-10-24-49(43)54-51(41)45/h1-33H. The van der Waals surface area contributed by atoms with E-state index >= 15 is 0 Å². The summed E-state index contributed by atoms with van der Waals surface area (Å²) in [5, 5.41) is 6.75. The highest BCUT2D eigenvalue weighted by atomic mass is 16.3. The molecule has 0 spiro atoms. The van der Waals surface area contributed by atoms with Gasteiger partial charge in [-0.15, -0.1) is 0 Å². The molecule has 0 amide bonds. The predicted molar refractivity (Wildman–Crippen MR) is 229 cm³/mol. The molecule has 2 aromatic heterocycles. The summed E-state index contributed by atoms with van der Waals surface area (Å²) in [7, 11) is 0. The lowest BCUT2D eigenvalue weighted by Crippen LogP contribution is -2.09. The van der Waals surface area contributed by atoms with Crippen LogP contribution in [0.25, 0.3) is 88.0 Å². The maximum absolute atomic E-state index is 6.59. The number of furan rings is 2. The highest BCUT2D eigenvalue weighted by molar-refractivity contribution is 6.19. The lowest BCUT2D eigenvalue weighted by molar-refractivity contribution is 0.670. The SMILES string of the molecule is c1ccc(-c2ccc3oc4c5ccccc5c(-c5cccc(N(c6ccccc6)c6ccc(-c7cccc8c7oc7ccccc78)cc6)c5)cc4c3c2)cc1. The van der Waals surface area contributed by atoms with Gasteiger partial charge in [-0.2, -0.15) is 0 Å². The molecular formula is C52H33NO2. The van der Waals surface area contributed by atoms with Crippen LogP contribution in [0.3, 0.4) is 0 Å². The summed E-state index contributed by atoms with van der Waals surface area (Å²) in [6.07, 6.45) is 0. The number of rotatable bonds is 6. The Bertz CT molecular complexity index is 3190. The van der Waals surface area contributed by atoms with Crippen molar-refractivity contribution in [1.29, 1.82) is 0 Å². The van der Waals surface area contributed by atoms with Gasteiger partial charge in [-0.25, -0.2) is 0 Å². The van der Waals surface area contributed by atoms with Crippen LogP contribution in [-0.2, 0) is 0 Å². The van der Waals surface area contributed by atoms with Crippen LogP contribution in [0.2, 0.25) is 0 Å². The Kier molecular flexibility index (Phi) is 7.17. The van der Waals surface area contributed by atoms with Gasteiger partial charge < -0.3 is 13.7 Å². The van der Waals surface area contributed by atoms with E-state index in [9.17, 15) is 0 Å². The molecule has 0 radical (unpaired) electrons. The molecule has 0 aliphatic heterocycles. The summed E-state index contributed by atoms with van der Waals surface area (Å²) in [5.41, 5.74) is 13.7. The molecule has 3 heteroatoms. The number of para-hydroxylation sites is 3. The van der Waals surface area contributed by atoms with Crippen molar-refractivity contribution in [3.8, 4) is 33.4 Å². The van der Waals surface area contributed by atoms with E-state index in [1.165, 1.54) is 16.7 Å². The molecule has 0 N–H and O–H groups in total. The number of nitrogens with zero attached hydrogens (tertiary/aromatic N) is 1. The van der Waals surface area contributed by atoms with Gasteiger partial charge in [-0.1, -0.05) is 140 Å². The fourth-order valence-electron chi connectivity index (χ4n) is 8.25. The van der Waals surface area contributed by atoms with Crippen LogP contribution in [0.5, 0.6) is 0 Å². The van der Waals surface area contributed by atoms with Crippen molar-refractivity contribution in [2.24, 2.45) is 0 Å². The summed E-state index contributed by atoms with van der Waals surface area (Å²) in [6.45, 7) is 0. The smallest absolute Gasteiger partial charge is 0.143 e. The molecule has 55 heavy (non-hydrogen) atoms. The fourth-order valence-corrected chi connectivity index (χ4v) is 8.25. The Balaban J connectivity index is 1.04. The van der Waals surface area contributed by atoms with Crippen molar-refractivity contribution < 1.29 is 8.83 Å². The molecular weight excluding hydrogens is 671 g/mol. The molecule has 9 aromatic carbocycles. The minimum atomic E-state index is 0.890. The van der Waals surface area contributed by atoms with Gasteiger partial charge in [0, 0.05) is 49.6 Å². The summed E-state index contributed by atoms with van der Waals surface area (Å²) in [4.78, 5) is 2.33. The third-order valence-electron chi connectivity index (χ3n) is 10.9. The van der Waals surface area contributed by atoms with Gasteiger partial charge in [0.25, 0.3) is 0 Å². The van der Waals surface area contributed by atoms with E-state index in [0.717, 1.165) is 88.4 Å². The lowest BCUT2D eigenvalue weighted by Gasteiger charge is -2.26. The van der Waals surface area contributed by atoms with E-state index in [-0.39, 0.29) is 0 Å². The van der Waals surface area contributed by atoms with Crippen molar-refractivity contribution >= 4 is 71.7 Å². The molecule has 2 heterocycles. The van der Waals surface area contributed by atoms with Crippen LogP contribution in [0.4, 0.5) is 17.1 Å². The quantitative estimate of drug-likeness (QED) is 0.173. The first-order valence-corrected chi connectivity index (χ1v) is 18.7. The highest BCUT2D eigenvalue weighted by Gasteiger charge is 2.19. The van der Waals surface area contributed by atoms with E-state index in [0.29, 0.717) is 0 Å². The summed E-state index contributed by atoms with van der Waals surface area (Å²) < 4.78 is 13.0. The van der Waals surface area contributed by atoms with Gasteiger partial charge in [0.15, 0.2) is 0 Å². The number of benzene rings is 9. The first kappa shape index (κ1) is 31.2. The average Bonchev–Trinajstić information content (AvgIpc) is 3.83. The largest absolute Gasteiger partial charge is 0.455 e. The van der Waals surface area contributed by atoms with Gasteiger partial charge in [0.1, 0.15) is 22.3 Å². The molecule has 0 fully saturated rings. The second-order valence-electron chi connectivity index (χ2n) is 14.1. The van der Waals surface area contributed by atoms with E-state index in [1.807, 2.05) is 12.1 Å². The molecule has 0 atom stereocenters. The van der Waals surface area contributed by atoms with Crippen LogP contribution >= 0.6 is 0 Å². The first-order valence-electron chi connectivity index (χ1n) is 18.7. The van der Waals surface area contributed by atoms with Gasteiger partial charge in [0.2, 0.25) is 0 Å². The van der Waals surface area contributed by atoms with Crippen molar-refractivity contribution in [3.05, 3.63) is 200 Å². The Morgan fingerprint density at radius 2 is 0.855 bits per heavy atom. The van der Waals surface area contributed by atoms with E-state index < -0.39 is 0 Å². The van der Waals surface area contributed by atoms with Gasteiger partial charge in [0.05, 0.1) is 0 Å². The molecule has 0 unspecified atom stereocenters. The molecule has 11 rings (SSSR count). The fraction of sp³-hybridized carbons (Fsp3) is 0. The molecule has 0 saturated heterocycles. The van der Waals surface area contributed by atoms with Crippen LogP contribution in [-0.4, -0.2) is 0 Å². The molecule has 0 bridgehead atoms. The number of hydrogen-bond acceptors (Lipinski definition) is 3. The number of anilines is 3. The van der Waals surface area contributed by atoms with Gasteiger partial charge in [-0.3, -0.25) is 0 Å². The summed E-state index contributed by atoms with van der Waals surface area (Å²) in [5.74, 6) is 0. The van der Waals surface area contributed by atoms with Crippen molar-refractivity contribution in [2.45, 2.75) is 0 Å². The topological polar surface area (TPSA) is 29.5 Å². The zero-order valence-electron chi connectivity index (χ0n) is 29.8. The van der Waals surface area contributed by atoms with E-state index in [4.69, 9.17) is 8.83 Å². The number of hydrogen-bond donors (Lipinski definition) is 0. The predicted octanol–water partition coefficient (Wildman–Crippen LogP) is 15.1. The molecule has 0 aliphatic carbocycles. The van der Waals surface area contributed by atoms with E-state index in [1.54, 1.807) is 0 Å². The number of fused-ring (bicyclic) bond motifs is 8. The monoisotopic (exact) mass is 703 g/mol. The average molecular weight is 704 g/mol. The molecule has 3 nitrogen and oxygen atoms in total. The Morgan fingerprint density at radius 1 is 0.273 bits per heavy atom. The minimum absolute atomic E-state index is 0.890. The minimum Gasteiger partial charge on any atom is -0.455 e. The molecule has 11 aromatic rings. The third kappa shape index (κ3) is 5.20. The summed E-state index contributed by atoms with van der Waals surface area (Å²) >= 11 is 0. The Labute approximate surface area is 317 Å².